The van der Waals surface area contributed by atoms with Crippen LogP contribution in [0, 0.1) is 0 Å². The maximum Gasteiger partial charge on any atom is 0.105 e. The largest absolute Gasteiger partial charge is 0.385 e. The molecule has 1 aromatic heterocycles. The van der Waals surface area contributed by atoms with Crippen LogP contribution in [0.5, 0.6) is 0 Å². The predicted molar refractivity (Wildman–Crippen MR) is 44.2 cm³/mol. The van der Waals surface area contributed by atoms with Gasteiger partial charge in [0.05, 0.1) is 5.69 Å². The smallest absolute Gasteiger partial charge is 0.105 e. The third-order valence-electron chi connectivity index (χ3n) is 1.55. The van der Waals surface area contributed by atoms with Gasteiger partial charge in [-0.1, -0.05) is 0 Å². The molecule has 2 N–H and O–H groups in total. The molecule has 0 radical (unpaired) electrons. The lowest BCUT2D eigenvalue weighted by Gasteiger charge is -2.07. The molecule has 1 aromatic rings. The quantitative estimate of drug-likeness (QED) is 0.620. The maximum absolute atomic E-state index is 5.61. The standard InChI is InChI=1S/C7H13N3/c1-9(2)6-4-7(8)10(3)5-6/h4-5H,8H2,1-3H3. The van der Waals surface area contributed by atoms with E-state index in [0.717, 1.165) is 11.5 Å². The third kappa shape index (κ3) is 1.07. The first-order chi connectivity index (χ1) is 4.61. The van der Waals surface area contributed by atoms with Crippen LogP contribution in [0.4, 0.5) is 11.5 Å². The van der Waals surface area contributed by atoms with Gasteiger partial charge >= 0.3 is 0 Å². The topological polar surface area (TPSA) is 34.2 Å². The van der Waals surface area contributed by atoms with Crippen molar-refractivity contribution in [3.63, 3.8) is 0 Å². The lowest BCUT2D eigenvalue weighted by atomic mass is 10.5. The Morgan fingerprint density at radius 1 is 1.50 bits per heavy atom. The molecule has 10 heavy (non-hydrogen) atoms. The fourth-order valence-electron chi connectivity index (χ4n) is 0.808. The molecule has 3 nitrogen and oxygen atoms in total. The van der Waals surface area contributed by atoms with Crippen molar-refractivity contribution in [2.75, 3.05) is 24.7 Å². The molecule has 1 heterocycles. The Balaban J connectivity index is 2.98. The molecular weight excluding hydrogens is 126 g/mol. The van der Waals surface area contributed by atoms with Crippen molar-refractivity contribution in [1.82, 2.24) is 4.57 Å². The highest BCUT2D eigenvalue weighted by Gasteiger charge is 1.99. The molecule has 0 aromatic carbocycles. The Morgan fingerprint density at radius 3 is 2.30 bits per heavy atom. The summed E-state index contributed by atoms with van der Waals surface area (Å²) in [4.78, 5) is 2.02. The van der Waals surface area contributed by atoms with E-state index >= 15 is 0 Å². The number of aryl methyl sites for hydroxylation is 1. The van der Waals surface area contributed by atoms with E-state index in [0.29, 0.717) is 0 Å². The molecule has 56 valence electrons. The maximum atomic E-state index is 5.61. The van der Waals surface area contributed by atoms with E-state index in [1.807, 2.05) is 42.9 Å². The van der Waals surface area contributed by atoms with Gasteiger partial charge in [0, 0.05) is 33.4 Å². The molecule has 0 aliphatic rings. The lowest BCUT2D eigenvalue weighted by Crippen LogP contribution is -2.07. The van der Waals surface area contributed by atoms with Crippen molar-refractivity contribution in [2.45, 2.75) is 0 Å². The average Bonchev–Trinajstić information content (AvgIpc) is 2.13. The SMILES string of the molecule is CN(C)c1cc(N)n(C)c1. The molecule has 0 aliphatic carbocycles. The molecule has 1 rings (SSSR count). The van der Waals surface area contributed by atoms with Gasteiger partial charge in [0.2, 0.25) is 0 Å². The molecule has 0 amide bonds. The summed E-state index contributed by atoms with van der Waals surface area (Å²) in [6.45, 7) is 0. The van der Waals surface area contributed by atoms with E-state index in [1.165, 1.54) is 0 Å². The van der Waals surface area contributed by atoms with Gasteiger partial charge in [-0.3, -0.25) is 0 Å². The molecule has 0 unspecified atom stereocenters. The zero-order valence-corrected chi connectivity index (χ0v) is 6.63. The minimum atomic E-state index is 0.795. The Labute approximate surface area is 61.0 Å². The zero-order valence-electron chi connectivity index (χ0n) is 6.63. The summed E-state index contributed by atoms with van der Waals surface area (Å²) in [7, 11) is 5.92. The van der Waals surface area contributed by atoms with Gasteiger partial charge in [-0.2, -0.15) is 0 Å². The molecule has 3 heteroatoms. The number of nitrogens with two attached hydrogens (primary N) is 1. The first-order valence-corrected chi connectivity index (χ1v) is 3.20. The lowest BCUT2D eigenvalue weighted by molar-refractivity contribution is 0.937. The number of hydrogen-bond acceptors (Lipinski definition) is 2. The second-order valence-corrected chi connectivity index (χ2v) is 2.63. The van der Waals surface area contributed by atoms with Crippen molar-refractivity contribution in [3.8, 4) is 0 Å². The number of hydrogen-bond donors (Lipinski definition) is 1. The van der Waals surface area contributed by atoms with Crippen LogP contribution in [0.25, 0.3) is 0 Å². The summed E-state index contributed by atoms with van der Waals surface area (Å²) < 4.78 is 1.90. The fraction of sp³-hybridized carbons (Fsp3) is 0.429. The van der Waals surface area contributed by atoms with Crippen LogP contribution in [0.3, 0.4) is 0 Å². The second-order valence-electron chi connectivity index (χ2n) is 2.63. The minimum Gasteiger partial charge on any atom is -0.385 e. The summed E-state index contributed by atoms with van der Waals surface area (Å²) in [6, 6.07) is 1.94. The normalized spacial score (nSPS) is 9.90. The van der Waals surface area contributed by atoms with Gasteiger partial charge in [-0.05, 0) is 0 Å². The van der Waals surface area contributed by atoms with Crippen LogP contribution in [0.1, 0.15) is 0 Å². The molecule has 0 spiro atoms. The summed E-state index contributed by atoms with van der Waals surface area (Å²) in [5, 5.41) is 0. The highest BCUT2D eigenvalue weighted by atomic mass is 15.1. The molecule has 0 fully saturated rings. The third-order valence-corrected chi connectivity index (χ3v) is 1.55. The van der Waals surface area contributed by atoms with Crippen molar-refractivity contribution in [3.05, 3.63) is 12.3 Å². The molecule has 0 atom stereocenters. The van der Waals surface area contributed by atoms with Crippen molar-refractivity contribution >= 4 is 11.5 Å². The number of nitrogens with zero attached hydrogens (tertiary/aromatic N) is 2. The van der Waals surface area contributed by atoms with E-state index in [2.05, 4.69) is 0 Å². The minimum absolute atomic E-state index is 0.795. The Morgan fingerprint density at radius 2 is 2.10 bits per heavy atom. The first-order valence-electron chi connectivity index (χ1n) is 3.20. The Hall–Kier alpha value is -1.12. The van der Waals surface area contributed by atoms with Crippen LogP contribution in [0.2, 0.25) is 0 Å². The van der Waals surface area contributed by atoms with Crippen molar-refractivity contribution < 1.29 is 0 Å². The van der Waals surface area contributed by atoms with Crippen LogP contribution in [-0.4, -0.2) is 18.7 Å². The number of aromatic nitrogens is 1. The van der Waals surface area contributed by atoms with Gasteiger partial charge in [-0.15, -0.1) is 0 Å². The van der Waals surface area contributed by atoms with Gasteiger partial charge in [0.25, 0.3) is 0 Å². The first kappa shape index (κ1) is 6.99. The molecule has 0 saturated carbocycles. The molecule has 0 aliphatic heterocycles. The van der Waals surface area contributed by atoms with Crippen molar-refractivity contribution in [2.24, 2.45) is 7.05 Å². The van der Waals surface area contributed by atoms with E-state index in [9.17, 15) is 0 Å². The van der Waals surface area contributed by atoms with E-state index in [1.54, 1.807) is 0 Å². The second kappa shape index (κ2) is 2.25. The van der Waals surface area contributed by atoms with E-state index < -0.39 is 0 Å². The Bertz CT molecular complexity index is 205. The number of rotatable bonds is 1. The predicted octanol–water partition coefficient (Wildman–Crippen LogP) is 0.673. The highest BCUT2D eigenvalue weighted by molar-refractivity contribution is 5.53. The van der Waals surface area contributed by atoms with Gasteiger partial charge in [-0.25, -0.2) is 0 Å². The van der Waals surface area contributed by atoms with Gasteiger partial charge < -0.3 is 15.2 Å². The summed E-state index contributed by atoms with van der Waals surface area (Å²) in [5.74, 6) is 0.795. The summed E-state index contributed by atoms with van der Waals surface area (Å²) >= 11 is 0. The number of nitrogen functional groups attached to an aromatic ring is 1. The molecule has 0 saturated heterocycles. The van der Waals surface area contributed by atoms with Crippen molar-refractivity contribution in [1.29, 1.82) is 0 Å². The highest BCUT2D eigenvalue weighted by Crippen LogP contribution is 2.15. The van der Waals surface area contributed by atoms with E-state index in [-0.39, 0.29) is 0 Å². The summed E-state index contributed by atoms with van der Waals surface area (Å²) in [5.41, 5.74) is 6.75. The van der Waals surface area contributed by atoms with Crippen LogP contribution < -0.4 is 10.6 Å². The summed E-state index contributed by atoms with van der Waals surface area (Å²) in [6.07, 6.45) is 2.00. The fourth-order valence-corrected chi connectivity index (χ4v) is 0.808. The Kier molecular flexibility index (Phi) is 1.57. The average molecular weight is 139 g/mol. The number of anilines is 2. The van der Waals surface area contributed by atoms with Gasteiger partial charge in [0.15, 0.2) is 0 Å². The van der Waals surface area contributed by atoms with E-state index in [4.69, 9.17) is 5.73 Å². The van der Waals surface area contributed by atoms with Crippen LogP contribution in [0.15, 0.2) is 12.3 Å². The zero-order chi connectivity index (χ0) is 7.72. The van der Waals surface area contributed by atoms with Crippen LogP contribution >= 0.6 is 0 Å². The monoisotopic (exact) mass is 139 g/mol. The van der Waals surface area contributed by atoms with Crippen LogP contribution in [-0.2, 0) is 7.05 Å². The molecular formula is C7H13N3. The molecule has 0 bridgehead atoms. The van der Waals surface area contributed by atoms with Gasteiger partial charge in [0.1, 0.15) is 5.82 Å².